The monoisotopic (exact) mass is 308 g/mol. The summed E-state index contributed by atoms with van der Waals surface area (Å²) >= 11 is 4.70. The Kier molecular flexibility index (Phi) is 4.07. The number of thiophene rings is 3. The predicted molar refractivity (Wildman–Crippen MR) is 80.6 cm³/mol. The van der Waals surface area contributed by atoms with Gasteiger partial charge in [-0.3, -0.25) is 0 Å². The summed E-state index contributed by atoms with van der Waals surface area (Å²) in [5.74, 6) is 2.21. The lowest BCUT2D eigenvalue weighted by atomic mass is 10.2. The van der Waals surface area contributed by atoms with Crippen molar-refractivity contribution in [1.82, 2.24) is 0 Å². The molecule has 0 bridgehead atoms. The Hall–Kier alpha value is -1.44. The zero-order chi connectivity index (χ0) is 12.9. The summed E-state index contributed by atoms with van der Waals surface area (Å²) in [4.78, 5) is 0. The fraction of sp³-hybridized carbons (Fsp3) is 0. The molecule has 3 aromatic heterocycles. The quantitative estimate of drug-likeness (QED) is 0.632. The molecule has 0 saturated heterocycles. The van der Waals surface area contributed by atoms with E-state index >= 15 is 0 Å². The molecule has 0 unspecified atom stereocenters. The van der Waals surface area contributed by atoms with Gasteiger partial charge in [0.25, 0.3) is 0 Å². The van der Waals surface area contributed by atoms with Crippen LogP contribution in [0.5, 0.6) is 17.2 Å². The van der Waals surface area contributed by atoms with Crippen LogP contribution in [0.3, 0.4) is 0 Å². The molecule has 0 aliphatic rings. The van der Waals surface area contributed by atoms with Crippen molar-refractivity contribution in [2.75, 3.05) is 0 Å². The molecular weight excluding hydrogens is 299 g/mol. The largest absolute Gasteiger partial charge is 0.864 e. The molecule has 0 aliphatic carbocycles. The molecule has 0 spiro atoms. The lowest BCUT2D eigenvalue weighted by Crippen LogP contribution is -2.36. The van der Waals surface area contributed by atoms with Gasteiger partial charge < -0.3 is 14.0 Å². The van der Waals surface area contributed by atoms with Crippen molar-refractivity contribution in [3.63, 3.8) is 0 Å². The van der Waals surface area contributed by atoms with E-state index in [1.807, 2.05) is 50.5 Å². The first kappa shape index (κ1) is 12.6. The fourth-order valence-electron chi connectivity index (χ4n) is 1.36. The van der Waals surface area contributed by atoms with Gasteiger partial charge in [-0.1, -0.05) is 0 Å². The van der Waals surface area contributed by atoms with Gasteiger partial charge in [-0.05, 0) is 34.3 Å². The molecular formula is C12H9BO3S3. The average Bonchev–Trinajstić information content (AvgIpc) is 3.10. The maximum atomic E-state index is 5.68. The SMILES string of the molecule is c1cc(OB(Oc2ccsc2)Oc2ccsc2)cs1. The molecule has 3 nitrogen and oxygen atoms in total. The van der Waals surface area contributed by atoms with Gasteiger partial charge in [-0.25, -0.2) is 0 Å². The van der Waals surface area contributed by atoms with E-state index in [2.05, 4.69) is 0 Å². The normalized spacial score (nSPS) is 10.1. The summed E-state index contributed by atoms with van der Waals surface area (Å²) < 4.78 is 17.0. The van der Waals surface area contributed by atoms with Crippen molar-refractivity contribution in [3.05, 3.63) is 50.5 Å². The molecule has 0 radical (unpaired) electrons. The lowest BCUT2D eigenvalue weighted by molar-refractivity contribution is 0.309. The van der Waals surface area contributed by atoms with Crippen LogP contribution in [0.2, 0.25) is 0 Å². The first-order chi connectivity index (χ1) is 9.40. The van der Waals surface area contributed by atoms with E-state index in [0.29, 0.717) is 0 Å². The van der Waals surface area contributed by atoms with Crippen LogP contribution in [0.25, 0.3) is 0 Å². The Morgan fingerprint density at radius 1 is 0.632 bits per heavy atom. The van der Waals surface area contributed by atoms with Gasteiger partial charge >= 0.3 is 7.32 Å². The Morgan fingerprint density at radius 3 is 1.26 bits per heavy atom. The van der Waals surface area contributed by atoms with E-state index in [0.717, 1.165) is 17.2 Å². The molecule has 96 valence electrons. The molecule has 0 fully saturated rings. The minimum Gasteiger partial charge on any atom is -0.489 e. The van der Waals surface area contributed by atoms with Gasteiger partial charge in [0.2, 0.25) is 0 Å². The van der Waals surface area contributed by atoms with Crippen molar-refractivity contribution in [2.45, 2.75) is 0 Å². The summed E-state index contributed by atoms with van der Waals surface area (Å²) in [6, 6.07) is 5.64. The Labute approximate surface area is 123 Å². The smallest absolute Gasteiger partial charge is 0.489 e. The molecule has 0 amide bonds. The molecule has 3 aromatic rings. The summed E-state index contributed by atoms with van der Waals surface area (Å²) in [5.41, 5.74) is 0. The minimum absolute atomic E-state index is 0.737. The zero-order valence-electron chi connectivity index (χ0n) is 9.72. The highest BCUT2D eigenvalue weighted by molar-refractivity contribution is 7.08. The third-order valence-corrected chi connectivity index (χ3v) is 4.17. The highest BCUT2D eigenvalue weighted by Gasteiger charge is 2.30. The first-order valence-corrected chi connectivity index (χ1v) is 8.29. The molecule has 3 rings (SSSR count). The van der Waals surface area contributed by atoms with Gasteiger partial charge in [-0.15, -0.1) is 34.0 Å². The number of hydrogen-bond donors (Lipinski definition) is 0. The van der Waals surface area contributed by atoms with Crippen LogP contribution < -0.4 is 14.0 Å². The van der Waals surface area contributed by atoms with Crippen LogP contribution in [-0.4, -0.2) is 7.32 Å². The molecule has 0 aliphatic heterocycles. The third-order valence-electron chi connectivity index (χ3n) is 2.18. The van der Waals surface area contributed by atoms with E-state index in [4.69, 9.17) is 14.0 Å². The molecule has 0 N–H and O–H groups in total. The van der Waals surface area contributed by atoms with Crippen molar-refractivity contribution in [1.29, 1.82) is 0 Å². The summed E-state index contributed by atoms with van der Waals surface area (Å²) in [7, 11) is -0.793. The summed E-state index contributed by atoms with van der Waals surface area (Å²) in [5, 5.41) is 11.5. The maximum absolute atomic E-state index is 5.68. The van der Waals surface area contributed by atoms with Gasteiger partial charge in [-0.2, -0.15) is 0 Å². The van der Waals surface area contributed by atoms with Crippen LogP contribution in [-0.2, 0) is 0 Å². The van der Waals surface area contributed by atoms with Crippen LogP contribution in [0.4, 0.5) is 0 Å². The maximum Gasteiger partial charge on any atom is 0.864 e. The van der Waals surface area contributed by atoms with Gasteiger partial charge in [0, 0.05) is 16.1 Å². The Bertz CT molecular complexity index is 492. The second-order valence-electron chi connectivity index (χ2n) is 3.52. The van der Waals surface area contributed by atoms with E-state index in [-0.39, 0.29) is 0 Å². The second-order valence-corrected chi connectivity index (χ2v) is 5.86. The van der Waals surface area contributed by atoms with E-state index in [1.165, 1.54) is 0 Å². The second kappa shape index (κ2) is 6.14. The molecule has 0 atom stereocenters. The van der Waals surface area contributed by atoms with E-state index < -0.39 is 7.32 Å². The highest BCUT2D eigenvalue weighted by Crippen LogP contribution is 2.22. The van der Waals surface area contributed by atoms with Gasteiger partial charge in [0.05, 0.1) is 0 Å². The van der Waals surface area contributed by atoms with E-state index in [1.54, 1.807) is 34.0 Å². The molecule has 7 heteroatoms. The average molecular weight is 308 g/mol. The van der Waals surface area contributed by atoms with Crippen LogP contribution in [0.1, 0.15) is 0 Å². The number of hydrogen-bond acceptors (Lipinski definition) is 6. The summed E-state index contributed by atoms with van der Waals surface area (Å²) in [6.45, 7) is 0. The third kappa shape index (κ3) is 3.53. The van der Waals surface area contributed by atoms with Crippen molar-refractivity contribution < 1.29 is 14.0 Å². The molecule has 19 heavy (non-hydrogen) atoms. The standard InChI is InChI=1S/C12H9BO3S3/c1-4-17-7-10(1)14-13(15-11-2-5-18-8-11)16-12-3-6-19-9-12/h1-9H. The number of rotatable bonds is 6. The molecule has 0 saturated carbocycles. The fourth-order valence-corrected chi connectivity index (χ4v) is 3.04. The van der Waals surface area contributed by atoms with Crippen molar-refractivity contribution in [2.24, 2.45) is 0 Å². The topological polar surface area (TPSA) is 27.7 Å². The van der Waals surface area contributed by atoms with Crippen molar-refractivity contribution >= 4 is 41.3 Å². The van der Waals surface area contributed by atoms with E-state index in [9.17, 15) is 0 Å². The summed E-state index contributed by atoms with van der Waals surface area (Å²) in [6.07, 6.45) is 0. The van der Waals surface area contributed by atoms with Crippen LogP contribution in [0.15, 0.2) is 50.5 Å². The van der Waals surface area contributed by atoms with Crippen LogP contribution >= 0.6 is 34.0 Å². The Balaban J connectivity index is 1.70. The Morgan fingerprint density at radius 2 is 1.00 bits per heavy atom. The van der Waals surface area contributed by atoms with Crippen LogP contribution in [0, 0.1) is 0 Å². The molecule has 3 heterocycles. The van der Waals surface area contributed by atoms with Gasteiger partial charge in [0.1, 0.15) is 17.2 Å². The van der Waals surface area contributed by atoms with Gasteiger partial charge in [0.15, 0.2) is 0 Å². The lowest BCUT2D eigenvalue weighted by Gasteiger charge is -2.13. The first-order valence-electron chi connectivity index (χ1n) is 5.47. The minimum atomic E-state index is -0.793. The predicted octanol–water partition coefficient (Wildman–Crippen LogP) is 4.39. The molecule has 0 aromatic carbocycles. The zero-order valence-corrected chi connectivity index (χ0v) is 12.2. The highest BCUT2D eigenvalue weighted by atomic mass is 32.1. The van der Waals surface area contributed by atoms with Crippen molar-refractivity contribution in [3.8, 4) is 17.2 Å².